The lowest BCUT2D eigenvalue weighted by molar-refractivity contribution is 1.05. The topological polar surface area (TPSA) is 48.7 Å². The summed E-state index contributed by atoms with van der Waals surface area (Å²) in [5.74, 6) is 0. The highest BCUT2D eigenvalue weighted by Crippen LogP contribution is 2.19. The van der Waals surface area contributed by atoms with Gasteiger partial charge in [0.05, 0.1) is 28.5 Å². The molecule has 1 N–H and O–H groups in total. The molecule has 0 aliphatic carbocycles. The monoisotopic (exact) mass is 243 g/mol. The first-order chi connectivity index (χ1) is 8.20. The molecule has 0 spiro atoms. The molecule has 1 heterocycles. The van der Waals surface area contributed by atoms with Crippen LogP contribution < -0.4 is 5.32 Å². The van der Waals surface area contributed by atoms with Gasteiger partial charge in [0.25, 0.3) is 0 Å². The van der Waals surface area contributed by atoms with Crippen LogP contribution in [0.5, 0.6) is 0 Å². The number of nitriles is 1. The van der Waals surface area contributed by atoms with E-state index in [0.29, 0.717) is 12.1 Å². The second kappa shape index (κ2) is 4.98. The van der Waals surface area contributed by atoms with Crippen molar-refractivity contribution in [2.75, 3.05) is 5.32 Å². The minimum absolute atomic E-state index is 0.655. The van der Waals surface area contributed by atoms with Gasteiger partial charge >= 0.3 is 0 Å². The van der Waals surface area contributed by atoms with Crippen molar-refractivity contribution in [3.63, 3.8) is 0 Å². The molecule has 0 aliphatic rings. The average Bonchev–Trinajstić information content (AvgIpc) is 2.72. The van der Waals surface area contributed by atoms with Gasteiger partial charge in [-0.2, -0.15) is 5.26 Å². The molecule has 0 saturated heterocycles. The van der Waals surface area contributed by atoms with Crippen molar-refractivity contribution in [1.82, 2.24) is 4.98 Å². The molecule has 0 unspecified atom stereocenters. The zero-order valence-electron chi connectivity index (χ0n) is 9.82. The maximum atomic E-state index is 9.10. The Balaban J connectivity index is 2.14. The minimum Gasteiger partial charge on any atom is -0.378 e. The molecule has 86 valence electrons. The van der Waals surface area contributed by atoms with Crippen LogP contribution >= 0.6 is 11.3 Å². The molecule has 4 heteroatoms. The van der Waals surface area contributed by atoms with Gasteiger partial charge in [-0.05, 0) is 25.5 Å². The highest BCUT2D eigenvalue weighted by Gasteiger charge is 2.05. The minimum atomic E-state index is 0.655. The molecule has 0 radical (unpaired) electrons. The standard InChI is InChI=1S/C13H13N3S/c1-9-4-3-5-13(12(9)6-14)15-7-11-8-17-10(2)16-11/h3-5,8,15H,7H2,1-2H3. The van der Waals surface area contributed by atoms with Gasteiger partial charge in [-0.1, -0.05) is 12.1 Å². The predicted molar refractivity (Wildman–Crippen MR) is 70.1 cm³/mol. The Hall–Kier alpha value is -1.86. The third kappa shape index (κ3) is 2.63. The average molecular weight is 243 g/mol. The highest BCUT2D eigenvalue weighted by atomic mass is 32.1. The second-order valence-electron chi connectivity index (χ2n) is 3.82. The lowest BCUT2D eigenvalue weighted by Gasteiger charge is -2.08. The van der Waals surface area contributed by atoms with E-state index in [1.165, 1.54) is 0 Å². The van der Waals surface area contributed by atoms with Crippen molar-refractivity contribution >= 4 is 17.0 Å². The summed E-state index contributed by atoms with van der Waals surface area (Å²) in [4.78, 5) is 4.38. The zero-order valence-corrected chi connectivity index (χ0v) is 10.6. The molecular formula is C13H13N3S. The normalized spacial score (nSPS) is 9.94. The van der Waals surface area contributed by atoms with E-state index < -0.39 is 0 Å². The Morgan fingerprint density at radius 3 is 2.88 bits per heavy atom. The maximum absolute atomic E-state index is 9.10. The van der Waals surface area contributed by atoms with Crippen LogP contribution in [0.4, 0.5) is 5.69 Å². The lowest BCUT2D eigenvalue weighted by atomic mass is 10.1. The van der Waals surface area contributed by atoms with Crippen LogP contribution in [0, 0.1) is 25.2 Å². The van der Waals surface area contributed by atoms with Gasteiger partial charge in [0.15, 0.2) is 0 Å². The fourth-order valence-corrected chi connectivity index (χ4v) is 2.25. The summed E-state index contributed by atoms with van der Waals surface area (Å²) >= 11 is 1.64. The Morgan fingerprint density at radius 1 is 1.41 bits per heavy atom. The number of nitrogens with zero attached hydrogens (tertiary/aromatic N) is 2. The first-order valence-electron chi connectivity index (χ1n) is 5.35. The largest absolute Gasteiger partial charge is 0.378 e. The Labute approximate surface area is 105 Å². The van der Waals surface area contributed by atoms with E-state index in [9.17, 15) is 0 Å². The Morgan fingerprint density at radius 2 is 2.24 bits per heavy atom. The fraction of sp³-hybridized carbons (Fsp3) is 0.231. The number of nitrogens with one attached hydrogen (secondary N) is 1. The second-order valence-corrected chi connectivity index (χ2v) is 4.88. The summed E-state index contributed by atoms with van der Waals surface area (Å²) < 4.78 is 0. The number of anilines is 1. The highest BCUT2D eigenvalue weighted by molar-refractivity contribution is 7.09. The van der Waals surface area contributed by atoms with Gasteiger partial charge in [0.2, 0.25) is 0 Å². The van der Waals surface area contributed by atoms with Crippen molar-refractivity contribution in [3.05, 3.63) is 45.4 Å². The van der Waals surface area contributed by atoms with Crippen molar-refractivity contribution in [2.45, 2.75) is 20.4 Å². The smallest absolute Gasteiger partial charge is 0.102 e. The SMILES string of the molecule is Cc1nc(CNc2cccc(C)c2C#N)cs1. The fourth-order valence-electron chi connectivity index (χ4n) is 1.64. The van der Waals surface area contributed by atoms with Gasteiger partial charge in [-0.3, -0.25) is 0 Å². The summed E-state index contributed by atoms with van der Waals surface area (Å²) in [5.41, 5.74) is 3.59. The van der Waals surface area contributed by atoms with Gasteiger partial charge in [-0.15, -0.1) is 11.3 Å². The number of hydrogen-bond donors (Lipinski definition) is 1. The van der Waals surface area contributed by atoms with Crippen LogP contribution in [0.25, 0.3) is 0 Å². The summed E-state index contributed by atoms with van der Waals surface area (Å²) in [6.45, 7) is 4.58. The van der Waals surface area contributed by atoms with E-state index in [4.69, 9.17) is 5.26 Å². The predicted octanol–water partition coefficient (Wildman–Crippen LogP) is 3.24. The van der Waals surface area contributed by atoms with Crippen LogP contribution in [-0.2, 0) is 6.54 Å². The van der Waals surface area contributed by atoms with Gasteiger partial charge < -0.3 is 5.32 Å². The Kier molecular flexibility index (Phi) is 3.40. The summed E-state index contributed by atoms with van der Waals surface area (Å²) in [6.07, 6.45) is 0. The van der Waals surface area contributed by atoms with Gasteiger partial charge in [-0.25, -0.2) is 4.98 Å². The molecule has 1 aromatic heterocycles. The van der Waals surface area contributed by atoms with Gasteiger partial charge in [0.1, 0.15) is 6.07 Å². The van der Waals surface area contributed by atoms with Crippen LogP contribution in [0.15, 0.2) is 23.6 Å². The first-order valence-corrected chi connectivity index (χ1v) is 6.23. The van der Waals surface area contributed by atoms with E-state index in [0.717, 1.165) is 22.0 Å². The molecular weight excluding hydrogens is 230 g/mol. The molecule has 0 bridgehead atoms. The van der Waals surface area contributed by atoms with Crippen molar-refractivity contribution < 1.29 is 0 Å². The van der Waals surface area contributed by atoms with E-state index >= 15 is 0 Å². The first kappa shape index (κ1) is 11.6. The van der Waals surface area contributed by atoms with Crippen molar-refractivity contribution in [2.24, 2.45) is 0 Å². The number of benzene rings is 1. The number of aryl methyl sites for hydroxylation is 2. The summed E-state index contributed by atoms with van der Waals surface area (Å²) in [6, 6.07) is 8.04. The number of aromatic nitrogens is 1. The maximum Gasteiger partial charge on any atom is 0.102 e. The van der Waals surface area contributed by atoms with E-state index in [2.05, 4.69) is 16.4 Å². The van der Waals surface area contributed by atoms with E-state index in [1.807, 2.05) is 37.4 Å². The molecule has 2 rings (SSSR count). The number of hydrogen-bond acceptors (Lipinski definition) is 4. The van der Waals surface area contributed by atoms with Gasteiger partial charge in [0, 0.05) is 5.38 Å². The van der Waals surface area contributed by atoms with Crippen LogP contribution in [0.2, 0.25) is 0 Å². The summed E-state index contributed by atoms with van der Waals surface area (Å²) in [7, 11) is 0. The molecule has 0 atom stereocenters. The number of rotatable bonds is 3. The van der Waals surface area contributed by atoms with Crippen LogP contribution in [0.1, 0.15) is 21.8 Å². The third-order valence-corrected chi connectivity index (χ3v) is 3.33. The molecule has 3 nitrogen and oxygen atoms in total. The molecule has 0 amide bonds. The van der Waals surface area contributed by atoms with Crippen molar-refractivity contribution in [1.29, 1.82) is 5.26 Å². The van der Waals surface area contributed by atoms with Crippen molar-refractivity contribution in [3.8, 4) is 6.07 Å². The van der Waals surface area contributed by atoms with E-state index in [1.54, 1.807) is 11.3 Å². The lowest BCUT2D eigenvalue weighted by Crippen LogP contribution is -2.02. The van der Waals surface area contributed by atoms with Crippen LogP contribution in [0.3, 0.4) is 0 Å². The quantitative estimate of drug-likeness (QED) is 0.900. The van der Waals surface area contributed by atoms with E-state index in [-0.39, 0.29) is 0 Å². The van der Waals surface area contributed by atoms with Crippen LogP contribution in [-0.4, -0.2) is 4.98 Å². The molecule has 0 saturated carbocycles. The Bertz CT molecular complexity index is 566. The third-order valence-electron chi connectivity index (χ3n) is 2.51. The summed E-state index contributed by atoms with van der Waals surface area (Å²) in [5, 5.41) is 15.4. The molecule has 0 aliphatic heterocycles. The zero-order chi connectivity index (χ0) is 12.3. The molecule has 0 fully saturated rings. The molecule has 1 aromatic carbocycles. The molecule has 17 heavy (non-hydrogen) atoms. The number of thiazole rings is 1. The molecule has 2 aromatic rings.